The summed E-state index contributed by atoms with van der Waals surface area (Å²) in [5.41, 5.74) is 8.07. The van der Waals surface area contributed by atoms with Gasteiger partial charge in [0.05, 0.1) is 17.4 Å². The SMILES string of the molecule is CC1(Oc2ccc(N)c(C(=N)c3cc(N4CCC(n5cncn5)CC4)ncn3)c2)CC1. The molecule has 3 aromatic rings. The molecule has 1 aliphatic heterocycles. The van der Waals surface area contributed by atoms with E-state index in [9.17, 15) is 0 Å². The second kappa shape index (κ2) is 7.64. The molecule has 31 heavy (non-hydrogen) atoms. The smallest absolute Gasteiger partial charge is 0.137 e. The number of rotatable bonds is 6. The van der Waals surface area contributed by atoms with Gasteiger partial charge in [-0.15, -0.1) is 0 Å². The highest BCUT2D eigenvalue weighted by Crippen LogP contribution is 2.40. The van der Waals surface area contributed by atoms with E-state index >= 15 is 0 Å². The molecule has 3 N–H and O–H groups in total. The van der Waals surface area contributed by atoms with E-state index in [1.54, 1.807) is 18.7 Å². The predicted octanol–water partition coefficient (Wildman–Crippen LogP) is 2.84. The number of nitrogen functional groups attached to an aromatic ring is 1. The fourth-order valence-electron chi connectivity index (χ4n) is 3.94. The minimum absolute atomic E-state index is 0.0873. The molecule has 1 saturated carbocycles. The van der Waals surface area contributed by atoms with Crippen LogP contribution in [0.4, 0.5) is 11.5 Å². The summed E-state index contributed by atoms with van der Waals surface area (Å²) < 4.78 is 7.98. The van der Waals surface area contributed by atoms with Crippen molar-refractivity contribution in [3.8, 4) is 5.75 Å². The Morgan fingerprint density at radius 2 is 1.97 bits per heavy atom. The average Bonchev–Trinajstić information content (AvgIpc) is 3.27. The molecule has 2 aromatic heterocycles. The Hall–Kier alpha value is -3.49. The van der Waals surface area contributed by atoms with Gasteiger partial charge in [-0.05, 0) is 50.8 Å². The van der Waals surface area contributed by atoms with E-state index in [-0.39, 0.29) is 11.3 Å². The molecule has 3 heterocycles. The fraction of sp³-hybridized carbons (Fsp3) is 0.409. The van der Waals surface area contributed by atoms with Gasteiger partial charge in [-0.1, -0.05) is 0 Å². The molecule has 9 heteroatoms. The number of hydrogen-bond donors (Lipinski definition) is 2. The molecular formula is C22H26N8O. The molecule has 2 aliphatic rings. The molecule has 1 aliphatic carbocycles. The van der Waals surface area contributed by atoms with Gasteiger partial charge in [0, 0.05) is 30.4 Å². The van der Waals surface area contributed by atoms with Gasteiger partial charge in [0.25, 0.3) is 0 Å². The molecular weight excluding hydrogens is 392 g/mol. The Labute approximate surface area is 180 Å². The largest absolute Gasteiger partial charge is 0.488 e. The average molecular weight is 419 g/mol. The van der Waals surface area contributed by atoms with E-state index in [4.69, 9.17) is 15.9 Å². The van der Waals surface area contributed by atoms with Crippen molar-refractivity contribution in [2.24, 2.45) is 0 Å². The van der Waals surface area contributed by atoms with E-state index < -0.39 is 0 Å². The van der Waals surface area contributed by atoms with Crippen LogP contribution in [0.5, 0.6) is 5.75 Å². The zero-order valence-corrected chi connectivity index (χ0v) is 17.5. The lowest BCUT2D eigenvalue weighted by Gasteiger charge is -2.32. The molecule has 0 unspecified atom stereocenters. The minimum Gasteiger partial charge on any atom is -0.488 e. The lowest BCUT2D eigenvalue weighted by molar-refractivity contribution is 0.200. The molecule has 2 fully saturated rings. The van der Waals surface area contributed by atoms with Gasteiger partial charge in [-0.25, -0.2) is 19.6 Å². The molecule has 0 bridgehead atoms. The van der Waals surface area contributed by atoms with Crippen LogP contribution in [0.15, 0.2) is 43.2 Å². The zero-order valence-electron chi connectivity index (χ0n) is 17.5. The summed E-state index contributed by atoms with van der Waals surface area (Å²) in [5, 5.41) is 13.0. The summed E-state index contributed by atoms with van der Waals surface area (Å²) in [6.07, 6.45) is 8.89. The van der Waals surface area contributed by atoms with Crippen molar-refractivity contribution in [1.29, 1.82) is 5.41 Å². The van der Waals surface area contributed by atoms with Gasteiger partial charge < -0.3 is 15.4 Å². The summed E-state index contributed by atoms with van der Waals surface area (Å²) in [6.45, 7) is 3.81. The molecule has 0 amide bonds. The number of hydrogen-bond acceptors (Lipinski definition) is 8. The summed E-state index contributed by atoms with van der Waals surface area (Å²) in [5.74, 6) is 1.56. The molecule has 1 saturated heterocycles. The standard InChI is InChI=1S/C22H26N8O/c1-22(6-7-22)31-16-2-3-18(23)17(10-16)21(24)19-11-20(27-13-26-19)29-8-4-15(5-9-29)30-14-25-12-28-30/h2-3,10-15,24H,4-9,23H2,1H3. The van der Waals surface area contributed by atoms with E-state index in [0.717, 1.165) is 50.3 Å². The zero-order chi connectivity index (χ0) is 21.4. The van der Waals surface area contributed by atoms with Gasteiger partial charge >= 0.3 is 0 Å². The van der Waals surface area contributed by atoms with Gasteiger partial charge in [0.2, 0.25) is 0 Å². The molecule has 0 radical (unpaired) electrons. The van der Waals surface area contributed by atoms with Crippen LogP contribution in [-0.4, -0.2) is 49.1 Å². The number of nitrogens with one attached hydrogen (secondary N) is 1. The maximum Gasteiger partial charge on any atom is 0.137 e. The first-order valence-electron chi connectivity index (χ1n) is 10.6. The lowest BCUT2D eigenvalue weighted by atomic mass is 10.0. The van der Waals surface area contributed by atoms with E-state index in [2.05, 4.69) is 31.9 Å². The van der Waals surface area contributed by atoms with Crippen molar-refractivity contribution in [1.82, 2.24) is 24.7 Å². The number of aromatic nitrogens is 5. The fourth-order valence-corrected chi connectivity index (χ4v) is 3.94. The van der Waals surface area contributed by atoms with Crippen LogP contribution in [0.25, 0.3) is 0 Å². The lowest BCUT2D eigenvalue weighted by Crippen LogP contribution is -2.35. The van der Waals surface area contributed by atoms with Crippen LogP contribution in [-0.2, 0) is 0 Å². The monoisotopic (exact) mass is 418 g/mol. The summed E-state index contributed by atoms with van der Waals surface area (Å²) >= 11 is 0. The van der Waals surface area contributed by atoms with Crippen LogP contribution >= 0.6 is 0 Å². The first-order valence-corrected chi connectivity index (χ1v) is 10.6. The summed E-state index contributed by atoms with van der Waals surface area (Å²) in [4.78, 5) is 15.1. The third kappa shape index (κ3) is 4.08. The molecule has 1 aromatic carbocycles. The van der Waals surface area contributed by atoms with Crippen molar-refractivity contribution >= 4 is 17.2 Å². The van der Waals surface area contributed by atoms with Crippen molar-refractivity contribution in [2.75, 3.05) is 23.7 Å². The highest BCUT2D eigenvalue weighted by molar-refractivity contribution is 6.13. The second-order valence-electron chi connectivity index (χ2n) is 8.53. The number of benzene rings is 1. The third-order valence-electron chi connectivity index (χ3n) is 6.12. The van der Waals surface area contributed by atoms with Gasteiger partial charge in [0.15, 0.2) is 0 Å². The van der Waals surface area contributed by atoms with Crippen molar-refractivity contribution in [3.05, 3.63) is 54.5 Å². The maximum atomic E-state index is 8.73. The van der Waals surface area contributed by atoms with Crippen molar-refractivity contribution in [3.63, 3.8) is 0 Å². The van der Waals surface area contributed by atoms with Crippen LogP contribution in [0.1, 0.15) is 49.9 Å². The Balaban J connectivity index is 1.32. The van der Waals surface area contributed by atoms with Crippen LogP contribution in [0.2, 0.25) is 0 Å². The number of piperidine rings is 1. The molecule has 5 rings (SSSR count). The van der Waals surface area contributed by atoms with E-state index in [1.807, 2.05) is 22.9 Å². The van der Waals surface area contributed by atoms with Gasteiger partial charge in [-0.2, -0.15) is 5.10 Å². The van der Waals surface area contributed by atoms with Crippen LogP contribution in [0.3, 0.4) is 0 Å². The van der Waals surface area contributed by atoms with Crippen LogP contribution in [0, 0.1) is 5.41 Å². The number of ether oxygens (including phenoxy) is 1. The number of anilines is 2. The summed E-state index contributed by atoms with van der Waals surface area (Å²) in [6, 6.07) is 7.72. The van der Waals surface area contributed by atoms with Gasteiger partial charge in [0.1, 0.15) is 36.2 Å². The Morgan fingerprint density at radius 1 is 1.16 bits per heavy atom. The molecule has 0 spiro atoms. The number of nitrogens with zero attached hydrogens (tertiary/aromatic N) is 6. The van der Waals surface area contributed by atoms with E-state index in [1.165, 1.54) is 6.33 Å². The Morgan fingerprint density at radius 3 is 2.68 bits per heavy atom. The highest BCUT2D eigenvalue weighted by atomic mass is 16.5. The maximum absolute atomic E-state index is 8.73. The Bertz CT molecular complexity index is 1080. The minimum atomic E-state index is -0.0873. The van der Waals surface area contributed by atoms with Crippen molar-refractivity contribution < 1.29 is 4.74 Å². The predicted molar refractivity (Wildman–Crippen MR) is 118 cm³/mol. The topological polar surface area (TPSA) is 119 Å². The summed E-state index contributed by atoms with van der Waals surface area (Å²) in [7, 11) is 0. The van der Waals surface area contributed by atoms with E-state index in [0.29, 0.717) is 23.0 Å². The first-order chi connectivity index (χ1) is 15.0. The molecule has 160 valence electrons. The van der Waals surface area contributed by atoms with Crippen molar-refractivity contribution in [2.45, 2.75) is 44.2 Å². The van der Waals surface area contributed by atoms with Crippen LogP contribution < -0.4 is 15.4 Å². The molecule has 9 nitrogen and oxygen atoms in total. The first kappa shape index (κ1) is 19.5. The second-order valence-corrected chi connectivity index (χ2v) is 8.53. The Kier molecular flexibility index (Phi) is 4.80. The van der Waals surface area contributed by atoms with Gasteiger partial charge in [-0.3, -0.25) is 5.41 Å². The third-order valence-corrected chi connectivity index (χ3v) is 6.12. The quantitative estimate of drug-likeness (QED) is 0.467. The number of nitrogens with two attached hydrogens (primary N) is 1. The molecule has 0 atom stereocenters. The highest BCUT2D eigenvalue weighted by Gasteiger charge is 2.40. The normalized spacial score (nSPS) is 18.0.